The Morgan fingerprint density at radius 1 is 1.41 bits per heavy atom. The summed E-state index contributed by atoms with van der Waals surface area (Å²) >= 11 is 1.52. The van der Waals surface area contributed by atoms with E-state index in [9.17, 15) is 9.59 Å². The van der Waals surface area contributed by atoms with Gasteiger partial charge in [-0.05, 0) is 30.9 Å². The second kappa shape index (κ2) is 7.35. The first kappa shape index (κ1) is 17.1. The number of carbonyl (C=O) groups excluding carboxylic acids is 2. The van der Waals surface area contributed by atoms with E-state index >= 15 is 0 Å². The van der Waals surface area contributed by atoms with Crippen LogP contribution in [0.2, 0.25) is 0 Å². The fraction of sp³-hybridized carbons (Fsp3) is 0.467. The zero-order valence-corrected chi connectivity index (χ0v) is 13.8. The molecule has 3 rings (SSSR count). The number of thioether (sulfide) groups is 1. The largest absolute Gasteiger partial charge is 0.350 e. The van der Waals surface area contributed by atoms with Crippen LogP contribution in [0.5, 0.6) is 0 Å². The van der Waals surface area contributed by atoms with E-state index in [1.54, 1.807) is 4.90 Å². The SMILES string of the molecule is Cl.NCC(NC(=O)CN1C(=O)CSc2ccccc21)C1CC1. The lowest BCUT2D eigenvalue weighted by Crippen LogP contribution is -2.48. The number of carbonyl (C=O) groups is 2. The molecule has 1 aliphatic heterocycles. The van der Waals surface area contributed by atoms with Gasteiger partial charge in [0.15, 0.2) is 0 Å². The van der Waals surface area contributed by atoms with Crippen molar-refractivity contribution in [2.24, 2.45) is 11.7 Å². The number of fused-ring (bicyclic) bond motifs is 1. The molecule has 3 N–H and O–H groups in total. The van der Waals surface area contributed by atoms with E-state index in [2.05, 4.69) is 5.32 Å². The minimum Gasteiger partial charge on any atom is -0.350 e. The Labute approximate surface area is 140 Å². The summed E-state index contributed by atoms with van der Waals surface area (Å²) in [5, 5.41) is 2.96. The van der Waals surface area contributed by atoms with E-state index in [0.29, 0.717) is 18.2 Å². The average molecular weight is 342 g/mol. The van der Waals surface area contributed by atoms with Crippen LogP contribution in [-0.4, -0.2) is 36.7 Å². The van der Waals surface area contributed by atoms with Crippen LogP contribution in [0.4, 0.5) is 5.69 Å². The standard InChI is InChI=1S/C15H19N3O2S.ClH/c16-7-11(10-5-6-10)17-14(19)8-18-12-3-1-2-4-13(12)21-9-15(18)20;/h1-4,10-11H,5-9,16H2,(H,17,19);1H. The molecule has 2 aliphatic rings. The first-order valence-corrected chi connectivity index (χ1v) is 8.19. The van der Waals surface area contributed by atoms with Crippen molar-refractivity contribution in [3.05, 3.63) is 24.3 Å². The van der Waals surface area contributed by atoms with E-state index < -0.39 is 0 Å². The molecule has 1 aliphatic carbocycles. The first-order chi connectivity index (χ1) is 10.2. The molecule has 1 heterocycles. The summed E-state index contributed by atoms with van der Waals surface area (Å²) in [6.45, 7) is 0.524. The Hall–Kier alpha value is -1.24. The maximum Gasteiger partial charge on any atom is 0.240 e. The molecule has 0 radical (unpaired) electrons. The Kier molecular flexibility index (Phi) is 5.72. The van der Waals surface area contributed by atoms with Crippen LogP contribution < -0.4 is 16.0 Å². The molecule has 0 aromatic heterocycles. The van der Waals surface area contributed by atoms with Crippen LogP contribution in [0.15, 0.2) is 29.2 Å². The molecule has 0 saturated heterocycles. The van der Waals surface area contributed by atoms with E-state index in [1.165, 1.54) is 11.8 Å². The quantitative estimate of drug-likeness (QED) is 0.849. The third-order valence-electron chi connectivity index (χ3n) is 3.90. The molecule has 1 atom stereocenters. The molecule has 5 nitrogen and oxygen atoms in total. The van der Waals surface area contributed by atoms with Gasteiger partial charge in [-0.25, -0.2) is 0 Å². The smallest absolute Gasteiger partial charge is 0.240 e. The highest BCUT2D eigenvalue weighted by Gasteiger charge is 2.32. The molecule has 2 amide bonds. The van der Waals surface area contributed by atoms with Crippen molar-refractivity contribution in [3.63, 3.8) is 0 Å². The number of rotatable bonds is 5. The lowest BCUT2D eigenvalue weighted by atomic mass is 10.2. The number of benzene rings is 1. The summed E-state index contributed by atoms with van der Waals surface area (Å²) in [5.74, 6) is 0.739. The molecule has 0 bridgehead atoms. The van der Waals surface area contributed by atoms with Crippen molar-refractivity contribution in [2.45, 2.75) is 23.8 Å². The number of halogens is 1. The molecular weight excluding hydrogens is 322 g/mol. The third kappa shape index (κ3) is 3.74. The van der Waals surface area contributed by atoms with Gasteiger partial charge in [0.1, 0.15) is 6.54 Å². The van der Waals surface area contributed by atoms with Crippen molar-refractivity contribution in [3.8, 4) is 0 Å². The predicted molar refractivity (Wildman–Crippen MR) is 90.5 cm³/mol. The Bertz CT molecular complexity index is 565. The second-order valence-corrected chi connectivity index (χ2v) is 6.50. The van der Waals surface area contributed by atoms with Crippen LogP contribution in [0, 0.1) is 5.92 Å². The average Bonchev–Trinajstić information content (AvgIpc) is 3.32. The topological polar surface area (TPSA) is 75.4 Å². The number of hydrogen-bond donors (Lipinski definition) is 2. The first-order valence-electron chi connectivity index (χ1n) is 7.20. The molecule has 22 heavy (non-hydrogen) atoms. The normalized spacial score (nSPS) is 18.2. The van der Waals surface area contributed by atoms with E-state index in [-0.39, 0.29) is 36.8 Å². The van der Waals surface area contributed by atoms with Gasteiger partial charge in [0.2, 0.25) is 11.8 Å². The fourth-order valence-electron chi connectivity index (χ4n) is 2.59. The number of nitrogens with two attached hydrogens (primary N) is 1. The summed E-state index contributed by atoms with van der Waals surface area (Å²) in [7, 11) is 0. The monoisotopic (exact) mass is 341 g/mol. The Morgan fingerprint density at radius 3 is 2.82 bits per heavy atom. The lowest BCUT2D eigenvalue weighted by Gasteiger charge is -2.29. The van der Waals surface area contributed by atoms with Crippen LogP contribution in [0.3, 0.4) is 0 Å². The number of nitrogens with zero attached hydrogens (tertiary/aromatic N) is 1. The van der Waals surface area contributed by atoms with Gasteiger partial charge in [-0.15, -0.1) is 24.2 Å². The molecule has 1 saturated carbocycles. The van der Waals surface area contributed by atoms with Crippen LogP contribution >= 0.6 is 24.2 Å². The number of nitrogens with one attached hydrogen (secondary N) is 1. The van der Waals surface area contributed by atoms with Crippen LogP contribution in [0.25, 0.3) is 0 Å². The second-order valence-electron chi connectivity index (χ2n) is 5.48. The number of amides is 2. The van der Waals surface area contributed by atoms with Crippen molar-refractivity contribution >= 4 is 41.7 Å². The summed E-state index contributed by atoms with van der Waals surface area (Å²) in [4.78, 5) is 26.9. The molecule has 1 aromatic carbocycles. The zero-order chi connectivity index (χ0) is 14.8. The third-order valence-corrected chi connectivity index (χ3v) is 4.95. The van der Waals surface area contributed by atoms with E-state index in [4.69, 9.17) is 5.73 Å². The molecular formula is C15H20ClN3O2S. The van der Waals surface area contributed by atoms with E-state index in [1.807, 2.05) is 24.3 Å². The van der Waals surface area contributed by atoms with Crippen LogP contribution in [0.1, 0.15) is 12.8 Å². The molecule has 1 unspecified atom stereocenters. The zero-order valence-electron chi connectivity index (χ0n) is 12.2. The maximum atomic E-state index is 12.2. The van der Waals surface area contributed by atoms with Gasteiger partial charge >= 0.3 is 0 Å². The van der Waals surface area contributed by atoms with Gasteiger partial charge < -0.3 is 16.0 Å². The highest BCUT2D eigenvalue weighted by atomic mass is 35.5. The van der Waals surface area contributed by atoms with Gasteiger partial charge in [-0.3, -0.25) is 9.59 Å². The van der Waals surface area contributed by atoms with Crippen molar-refractivity contribution in [1.82, 2.24) is 5.32 Å². The number of hydrogen-bond acceptors (Lipinski definition) is 4. The van der Waals surface area contributed by atoms with E-state index in [0.717, 1.165) is 23.4 Å². The van der Waals surface area contributed by atoms with Crippen LogP contribution in [-0.2, 0) is 9.59 Å². The summed E-state index contributed by atoms with van der Waals surface area (Å²) < 4.78 is 0. The molecule has 0 spiro atoms. The van der Waals surface area contributed by atoms with Gasteiger partial charge in [-0.1, -0.05) is 12.1 Å². The van der Waals surface area contributed by atoms with Crippen molar-refractivity contribution in [1.29, 1.82) is 0 Å². The van der Waals surface area contributed by atoms with Gasteiger partial charge in [0.25, 0.3) is 0 Å². The Balaban J connectivity index is 0.00000176. The summed E-state index contributed by atoms with van der Waals surface area (Å²) in [6.07, 6.45) is 2.26. The lowest BCUT2D eigenvalue weighted by molar-refractivity contribution is -0.123. The number of para-hydroxylation sites is 1. The van der Waals surface area contributed by atoms with Gasteiger partial charge in [0, 0.05) is 17.5 Å². The number of anilines is 1. The highest BCUT2D eigenvalue weighted by Crippen LogP contribution is 2.35. The van der Waals surface area contributed by atoms with Crippen molar-refractivity contribution < 1.29 is 9.59 Å². The van der Waals surface area contributed by atoms with Gasteiger partial charge in [-0.2, -0.15) is 0 Å². The fourth-order valence-corrected chi connectivity index (χ4v) is 3.53. The summed E-state index contributed by atoms with van der Waals surface area (Å²) in [5.41, 5.74) is 6.52. The minimum atomic E-state index is -0.132. The molecule has 7 heteroatoms. The van der Waals surface area contributed by atoms with Gasteiger partial charge in [0.05, 0.1) is 11.4 Å². The predicted octanol–water partition coefficient (Wildman–Crippen LogP) is 1.40. The van der Waals surface area contributed by atoms with Crippen molar-refractivity contribution in [2.75, 3.05) is 23.7 Å². The Morgan fingerprint density at radius 2 is 2.14 bits per heavy atom. The summed E-state index contributed by atoms with van der Waals surface area (Å²) in [6, 6.07) is 7.73. The molecule has 120 valence electrons. The highest BCUT2D eigenvalue weighted by molar-refractivity contribution is 8.00. The minimum absolute atomic E-state index is 0. The maximum absolute atomic E-state index is 12.2. The molecule has 1 aromatic rings. The molecule has 1 fully saturated rings.